The topological polar surface area (TPSA) is 72.0 Å². The van der Waals surface area contributed by atoms with Gasteiger partial charge in [-0.1, -0.05) is 29.8 Å². The maximum atomic E-state index is 14.0. The summed E-state index contributed by atoms with van der Waals surface area (Å²) in [5, 5.41) is 2.78. The molecule has 25 heavy (non-hydrogen) atoms. The number of halogens is 2. The standard InChI is InChI=1S/C17H13ClFN3O2S/c1-25(23,24)12-7-5-11(6-8-12)14-9-10-20-17(21-14)22-15-4-2-3-13(18)16(15)19/h2-10H,1H3,(H,20,21,22). The minimum atomic E-state index is -3.26. The summed E-state index contributed by atoms with van der Waals surface area (Å²) < 4.78 is 37.0. The lowest BCUT2D eigenvalue weighted by Crippen LogP contribution is -2.00. The van der Waals surface area contributed by atoms with Gasteiger partial charge in [-0.2, -0.15) is 0 Å². The molecule has 0 radical (unpaired) electrons. The summed E-state index contributed by atoms with van der Waals surface area (Å²) >= 11 is 5.75. The van der Waals surface area contributed by atoms with E-state index >= 15 is 0 Å². The van der Waals surface area contributed by atoms with Gasteiger partial charge in [-0.3, -0.25) is 0 Å². The molecule has 0 atom stereocenters. The molecule has 2 aromatic carbocycles. The number of sulfone groups is 1. The van der Waals surface area contributed by atoms with Gasteiger partial charge in [-0.25, -0.2) is 22.8 Å². The zero-order valence-electron chi connectivity index (χ0n) is 13.1. The first kappa shape index (κ1) is 17.3. The molecule has 1 N–H and O–H groups in total. The quantitative estimate of drug-likeness (QED) is 0.741. The van der Waals surface area contributed by atoms with Crippen LogP contribution in [0.15, 0.2) is 59.6 Å². The molecule has 0 amide bonds. The summed E-state index contributed by atoms with van der Waals surface area (Å²) in [7, 11) is -3.26. The predicted molar refractivity (Wildman–Crippen MR) is 95.3 cm³/mol. The average Bonchev–Trinajstić information content (AvgIpc) is 2.59. The van der Waals surface area contributed by atoms with Gasteiger partial charge >= 0.3 is 0 Å². The third kappa shape index (κ3) is 3.94. The van der Waals surface area contributed by atoms with Crippen LogP contribution >= 0.6 is 11.6 Å². The zero-order chi connectivity index (χ0) is 18.0. The van der Waals surface area contributed by atoms with Crippen LogP contribution in [0.4, 0.5) is 16.0 Å². The number of anilines is 2. The third-order valence-electron chi connectivity index (χ3n) is 3.43. The molecule has 0 saturated heterocycles. The molecular weight excluding hydrogens is 365 g/mol. The summed E-state index contributed by atoms with van der Waals surface area (Å²) in [6.45, 7) is 0. The van der Waals surface area contributed by atoms with Gasteiger partial charge in [0.1, 0.15) is 0 Å². The molecule has 0 aliphatic heterocycles. The maximum Gasteiger partial charge on any atom is 0.227 e. The van der Waals surface area contributed by atoms with Crippen molar-refractivity contribution in [3.63, 3.8) is 0 Å². The molecular formula is C17H13ClFN3O2S. The van der Waals surface area contributed by atoms with Crippen molar-refractivity contribution in [2.24, 2.45) is 0 Å². The lowest BCUT2D eigenvalue weighted by atomic mass is 10.1. The molecule has 128 valence electrons. The number of nitrogens with one attached hydrogen (secondary N) is 1. The van der Waals surface area contributed by atoms with Crippen molar-refractivity contribution >= 4 is 33.1 Å². The zero-order valence-corrected chi connectivity index (χ0v) is 14.6. The van der Waals surface area contributed by atoms with Crippen LogP contribution in [0.1, 0.15) is 0 Å². The van der Waals surface area contributed by atoms with Crippen molar-refractivity contribution in [3.8, 4) is 11.3 Å². The van der Waals surface area contributed by atoms with Gasteiger partial charge in [-0.05, 0) is 30.3 Å². The van der Waals surface area contributed by atoms with E-state index in [1.807, 2.05) is 0 Å². The van der Waals surface area contributed by atoms with Crippen LogP contribution in [-0.4, -0.2) is 24.6 Å². The number of nitrogens with zero attached hydrogens (tertiary/aromatic N) is 2. The van der Waals surface area contributed by atoms with Crippen LogP contribution in [0, 0.1) is 5.82 Å². The monoisotopic (exact) mass is 377 g/mol. The normalized spacial score (nSPS) is 11.3. The van der Waals surface area contributed by atoms with Gasteiger partial charge < -0.3 is 5.32 Å². The number of hydrogen-bond acceptors (Lipinski definition) is 5. The van der Waals surface area contributed by atoms with Gasteiger partial charge in [-0.15, -0.1) is 0 Å². The lowest BCUT2D eigenvalue weighted by molar-refractivity contribution is 0.602. The summed E-state index contributed by atoms with van der Waals surface area (Å²) in [6, 6.07) is 12.6. The average molecular weight is 378 g/mol. The summed E-state index contributed by atoms with van der Waals surface area (Å²) in [5.41, 5.74) is 1.45. The van der Waals surface area contributed by atoms with Crippen LogP contribution in [-0.2, 0) is 9.84 Å². The summed E-state index contributed by atoms with van der Waals surface area (Å²) in [4.78, 5) is 8.61. The molecule has 8 heteroatoms. The van der Waals surface area contributed by atoms with Crippen LogP contribution in [0.2, 0.25) is 5.02 Å². The highest BCUT2D eigenvalue weighted by atomic mass is 35.5. The SMILES string of the molecule is CS(=O)(=O)c1ccc(-c2ccnc(Nc3cccc(Cl)c3F)n2)cc1. The Morgan fingerprint density at radius 1 is 1.08 bits per heavy atom. The molecule has 0 bridgehead atoms. The highest BCUT2D eigenvalue weighted by Crippen LogP contribution is 2.25. The van der Waals surface area contributed by atoms with Gasteiger partial charge in [0.05, 0.1) is 21.3 Å². The second kappa shape index (κ2) is 6.78. The second-order valence-corrected chi connectivity index (χ2v) is 7.71. The Morgan fingerprint density at radius 2 is 1.80 bits per heavy atom. The first-order chi connectivity index (χ1) is 11.8. The number of aromatic nitrogens is 2. The highest BCUT2D eigenvalue weighted by molar-refractivity contribution is 7.90. The molecule has 5 nitrogen and oxygen atoms in total. The van der Waals surface area contributed by atoms with E-state index in [1.54, 1.807) is 24.3 Å². The Balaban J connectivity index is 1.90. The van der Waals surface area contributed by atoms with Crippen LogP contribution in [0.25, 0.3) is 11.3 Å². The fourth-order valence-corrected chi connectivity index (χ4v) is 2.98. The summed E-state index contributed by atoms with van der Waals surface area (Å²) in [6.07, 6.45) is 2.67. The summed E-state index contributed by atoms with van der Waals surface area (Å²) in [5.74, 6) is -0.387. The van der Waals surface area contributed by atoms with E-state index in [0.717, 1.165) is 6.26 Å². The molecule has 0 fully saturated rings. The Morgan fingerprint density at radius 3 is 2.48 bits per heavy atom. The number of hydrogen-bond donors (Lipinski definition) is 1. The molecule has 1 heterocycles. The molecule has 0 aliphatic rings. The fraction of sp³-hybridized carbons (Fsp3) is 0.0588. The van der Waals surface area contributed by atoms with Crippen LogP contribution in [0.5, 0.6) is 0 Å². The van der Waals surface area contributed by atoms with E-state index in [-0.39, 0.29) is 21.6 Å². The van der Waals surface area contributed by atoms with E-state index in [9.17, 15) is 12.8 Å². The van der Waals surface area contributed by atoms with Crippen molar-refractivity contribution in [3.05, 3.63) is 65.6 Å². The lowest BCUT2D eigenvalue weighted by Gasteiger charge is -2.08. The Bertz CT molecular complexity index is 1020. The van der Waals surface area contributed by atoms with E-state index in [1.165, 1.54) is 30.5 Å². The number of benzene rings is 2. The van der Waals surface area contributed by atoms with Gasteiger partial charge in [0.15, 0.2) is 15.7 Å². The molecule has 1 aromatic heterocycles. The fourth-order valence-electron chi connectivity index (χ4n) is 2.17. The van der Waals surface area contributed by atoms with Crippen molar-refractivity contribution in [1.82, 2.24) is 9.97 Å². The highest BCUT2D eigenvalue weighted by Gasteiger charge is 2.10. The largest absolute Gasteiger partial charge is 0.322 e. The second-order valence-electron chi connectivity index (χ2n) is 5.29. The van der Waals surface area contributed by atoms with E-state index in [2.05, 4.69) is 15.3 Å². The molecule has 0 aliphatic carbocycles. The smallest absolute Gasteiger partial charge is 0.227 e. The maximum absolute atomic E-state index is 14.0. The molecule has 3 aromatic rings. The van der Waals surface area contributed by atoms with Crippen molar-refractivity contribution in [1.29, 1.82) is 0 Å². The van der Waals surface area contributed by atoms with Gasteiger partial charge in [0.25, 0.3) is 0 Å². The van der Waals surface area contributed by atoms with Crippen LogP contribution < -0.4 is 5.32 Å². The van der Waals surface area contributed by atoms with Gasteiger partial charge in [0.2, 0.25) is 5.95 Å². The molecule has 3 rings (SSSR count). The molecule has 0 saturated carbocycles. The minimum absolute atomic E-state index is 0.00230. The first-order valence-electron chi connectivity index (χ1n) is 7.19. The Labute approximate surface area is 149 Å². The van der Waals surface area contributed by atoms with E-state index in [4.69, 9.17) is 11.6 Å². The first-order valence-corrected chi connectivity index (χ1v) is 9.46. The number of rotatable bonds is 4. The van der Waals surface area contributed by atoms with Crippen molar-refractivity contribution in [2.45, 2.75) is 4.90 Å². The molecule has 0 spiro atoms. The Kier molecular flexibility index (Phi) is 4.69. The van der Waals surface area contributed by atoms with Crippen molar-refractivity contribution in [2.75, 3.05) is 11.6 Å². The predicted octanol–water partition coefficient (Wildman–Crippen LogP) is 4.08. The van der Waals surface area contributed by atoms with E-state index < -0.39 is 15.7 Å². The Hall–Kier alpha value is -2.51. The third-order valence-corrected chi connectivity index (χ3v) is 4.85. The van der Waals surface area contributed by atoms with Gasteiger partial charge in [0, 0.05) is 18.0 Å². The van der Waals surface area contributed by atoms with Crippen molar-refractivity contribution < 1.29 is 12.8 Å². The molecule has 0 unspecified atom stereocenters. The van der Waals surface area contributed by atoms with E-state index in [0.29, 0.717) is 11.3 Å². The minimum Gasteiger partial charge on any atom is -0.322 e. The van der Waals surface area contributed by atoms with Crippen LogP contribution in [0.3, 0.4) is 0 Å².